The summed E-state index contributed by atoms with van der Waals surface area (Å²) in [6, 6.07) is 3.89. The van der Waals surface area contributed by atoms with E-state index in [1.54, 1.807) is 19.9 Å². The van der Waals surface area contributed by atoms with Crippen molar-refractivity contribution in [1.82, 2.24) is 10.6 Å². The third-order valence-electron chi connectivity index (χ3n) is 3.82. The first-order valence-electron chi connectivity index (χ1n) is 7.69. The van der Waals surface area contributed by atoms with Crippen LogP contribution >= 0.6 is 0 Å². The van der Waals surface area contributed by atoms with Crippen LogP contribution in [0, 0.1) is 0 Å². The molecule has 134 valence electrons. The van der Waals surface area contributed by atoms with E-state index in [1.807, 2.05) is 0 Å². The van der Waals surface area contributed by atoms with Crippen molar-refractivity contribution in [3.05, 3.63) is 35.4 Å². The second-order valence-electron chi connectivity index (χ2n) is 5.83. The van der Waals surface area contributed by atoms with Crippen LogP contribution in [0.4, 0.5) is 18.0 Å². The molecule has 1 atom stereocenters. The van der Waals surface area contributed by atoms with Crippen molar-refractivity contribution < 1.29 is 27.4 Å². The number of urea groups is 1. The Morgan fingerprint density at radius 3 is 2.62 bits per heavy atom. The van der Waals surface area contributed by atoms with Crippen LogP contribution in [0.5, 0.6) is 0 Å². The van der Waals surface area contributed by atoms with Crippen LogP contribution in [0.1, 0.15) is 37.4 Å². The summed E-state index contributed by atoms with van der Waals surface area (Å²) in [5.74, 6) is -0.695. The van der Waals surface area contributed by atoms with Crippen LogP contribution in [0.3, 0.4) is 0 Å². The maximum atomic E-state index is 12.7. The molecule has 0 radical (unpaired) electrons. The zero-order chi connectivity index (χ0) is 17.8. The SMILES string of the molecule is C[C@H](NC(=O)NCCC1(C)OCCO1)c1cccc(C(F)(F)F)c1. The van der Waals surface area contributed by atoms with Gasteiger partial charge in [-0.05, 0) is 31.5 Å². The van der Waals surface area contributed by atoms with Crippen molar-refractivity contribution in [2.24, 2.45) is 0 Å². The fraction of sp³-hybridized carbons (Fsp3) is 0.562. The third-order valence-corrected chi connectivity index (χ3v) is 3.82. The van der Waals surface area contributed by atoms with Crippen LogP contribution in [0.15, 0.2) is 24.3 Å². The summed E-state index contributed by atoms with van der Waals surface area (Å²) in [5.41, 5.74) is -0.355. The van der Waals surface area contributed by atoms with Gasteiger partial charge in [0.1, 0.15) is 0 Å². The lowest BCUT2D eigenvalue weighted by molar-refractivity contribution is -0.145. The number of alkyl halides is 3. The van der Waals surface area contributed by atoms with Gasteiger partial charge in [0.25, 0.3) is 0 Å². The summed E-state index contributed by atoms with van der Waals surface area (Å²) in [4.78, 5) is 11.9. The van der Waals surface area contributed by atoms with E-state index in [0.717, 1.165) is 12.1 Å². The second kappa shape index (κ2) is 7.40. The summed E-state index contributed by atoms with van der Waals surface area (Å²) in [5, 5.41) is 5.26. The average molecular weight is 346 g/mol. The fourth-order valence-corrected chi connectivity index (χ4v) is 2.42. The fourth-order valence-electron chi connectivity index (χ4n) is 2.42. The lowest BCUT2D eigenvalue weighted by Crippen LogP contribution is -2.40. The molecule has 0 aromatic heterocycles. The Morgan fingerprint density at radius 1 is 1.33 bits per heavy atom. The van der Waals surface area contributed by atoms with Crippen molar-refractivity contribution in [2.45, 2.75) is 38.3 Å². The van der Waals surface area contributed by atoms with E-state index in [-0.39, 0.29) is 0 Å². The second-order valence-corrected chi connectivity index (χ2v) is 5.83. The standard InChI is InChI=1S/C16H21F3N2O3/c1-11(12-4-3-5-13(10-12)16(17,18)19)21-14(22)20-7-6-15(2)23-8-9-24-15/h3-5,10-11H,6-9H2,1-2H3,(H2,20,21,22)/t11-/m0/s1. The molecule has 1 saturated heterocycles. The van der Waals surface area contributed by atoms with Gasteiger partial charge in [0.2, 0.25) is 0 Å². The van der Waals surface area contributed by atoms with Gasteiger partial charge in [-0.15, -0.1) is 0 Å². The molecule has 2 amide bonds. The summed E-state index contributed by atoms with van der Waals surface area (Å²) in [6.07, 6.45) is -3.92. The molecule has 0 bridgehead atoms. The number of nitrogens with one attached hydrogen (secondary N) is 2. The predicted molar refractivity (Wildman–Crippen MR) is 81.3 cm³/mol. The van der Waals surface area contributed by atoms with Gasteiger partial charge in [0.05, 0.1) is 24.8 Å². The van der Waals surface area contributed by atoms with Crippen LogP contribution < -0.4 is 10.6 Å². The van der Waals surface area contributed by atoms with Gasteiger partial charge in [-0.3, -0.25) is 0 Å². The van der Waals surface area contributed by atoms with Gasteiger partial charge in [-0.25, -0.2) is 4.79 Å². The number of halogens is 3. The Balaban J connectivity index is 1.83. The Morgan fingerprint density at radius 2 is 2.00 bits per heavy atom. The highest BCUT2D eigenvalue weighted by Crippen LogP contribution is 2.30. The van der Waals surface area contributed by atoms with Crippen LogP contribution in [0.25, 0.3) is 0 Å². The third kappa shape index (κ3) is 5.10. The number of benzene rings is 1. The zero-order valence-corrected chi connectivity index (χ0v) is 13.6. The molecule has 1 aliphatic rings. The van der Waals surface area contributed by atoms with Crippen molar-refractivity contribution in [3.8, 4) is 0 Å². The van der Waals surface area contributed by atoms with Crippen LogP contribution in [-0.2, 0) is 15.7 Å². The summed E-state index contributed by atoms with van der Waals surface area (Å²) < 4.78 is 49.0. The van der Waals surface area contributed by atoms with E-state index in [9.17, 15) is 18.0 Å². The van der Waals surface area contributed by atoms with E-state index in [1.165, 1.54) is 6.07 Å². The number of hydrogen-bond donors (Lipinski definition) is 2. The Labute approximate surface area is 138 Å². The number of rotatable bonds is 5. The van der Waals surface area contributed by atoms with E-state index >= 15 is 0 Å². The molecule has 8 heteroatoms. The Kier molecular flexibility index (Phi) is 5.71. The molecule has 5 nitrogen and oxygen atoms in total. The minimum absolute atomic E-state index is 0.331. The Hall–Kier alpha value is -1.80. The maximum absolute atomic E-state index is 12.7. The highest BCUT2D eigenvalue weighted by atomic mass is 19.4. The number of ether oxygens (including phenoxy) is 2. The monoisotopic (exact) mass is 346 g/mol. The maximum Gasteiger partial charge on any atom is 0.416 e. The highest BCUT2D eigenvalue weighted by Gasteiger charge is 2.31. The lowest BCUT2D eigenvalue weighted by atomic mass is 10.1. The smallest absolute Gasteiger partial charge is 0.348 e. The predicted octanol–water partition coefficient (Wildman–Crippen LogP) is 3.22. The molecule has 1 aromatic carbocycles. The first-order chi connectivity index (χ1) is 11.2. The number of carbonyl (C=O) groups is 1. The van der Waals surface area contributed by atoms with Gasteiger partial charge in [0.15, 0.2) is 5.79 Å². The molecule has 0 aliphatic carbocycles. The van der Waals surface area contributed by atoms with Crippen molar-refractivity contribution in [2.75, 3.05) is 19.8 Å². The van der Waals surface area contributed by atoms with Crippen molar-refractivity contribution in [3.63, 3.8) is 0 Å². The number of amides is 2. The van der Waals surface area contributed by atoms with Gasteiger partial charge in [-0.1, -0.05) is 12.1 Å². The molecule has 0 unspecified atom stereocenters. The summed E-state index contributed by atoms with van der Waals surface area (Å²) in [7, 11) is 0. The minimum Gasteiger partial charge on any atom is -0.348 e. The summed E-state index contributed by atoms with van der Waals surface area (Å²) in [6.45, 7) is 4.80. The average Bonchev–Trinajstić information content (AvgIpc) is 2.93. The zero-order valence-electron chi connectivity index (χ0n) is 13.6. The quantitative estimate of drug-likeness (QED) is 0.861. The van der Waals surface area contributed by atoms with Crippen molar-refractivity contribution >= 4 is 6.03 Å². The lowest BCUT2D eigenvalue weighted by Gasteiger charge is -2.22. The molecule has 24 heavy (non-hydrogen) atoms. The molecule has 1 heterocycles. The molecule has 2 N–H and O–H groups in total. The van der Waals surface area contributed by atoms with Gasteiger partial charge in [0, 0.05) is 13.0 Å². The normalized spacial score (nSPS) is 18.2. The minimum atomic E-state index is -4.41. The van der Waals surface area contributed by atoms with Crippen molar-refractivity contribution in [1.29, 1.82) is 0 Å². The van der Waals surface area contributed by atoms with Gasteiger partial charge in [-0.2, -0.15) is 13.2 Å². The van der Waals surface area contributed by atoms with E-state index < -0.39 is 29.6 Å². The van der Waals surface area contributed by atoms with E-state index in [4.69, 9.17) is 9.47 Å². The summed E-state index contributed by atoms with van der Waals surface area (Å²) >= 11 is 0. The largest absolute Gasteiger partial charge is 0.416 e. The topological polar surface area (TPSA) is 59.6 Å². The van der Waals surface area contributed by atoms with Gasteiger partial charge >= 0.3 is 12.2 Å². The molecule has 0 saturated carbocycles. The highest BCUT2D eigenvalue weighted by molar-refractivity contribution is 5.74. The molecule has 2 rings (SSSR count). The number of carbonyl (C=O) groups excluding carboxylic acids is 1. The molecule has 1 aromatic rings. The molecular weight excluding hydrogens is 325 g/mol. The van der Waals surface area contributed by atoms with Gasteiger partial charge < -0.3 is 20.1 Å². The first-order valence-corrected chi connectivity index (χ1v) is 7.69. The number of hydrogen-bond acceptors (Lipinski definition) is 3. The first kappa shape index (κ1) is 18.5. The Bertz CT molecular complexity index is 572. The van der Waals surface area contributed by atoms with E-state index in [2.05, 4.69) is 10.6 Å². The van der Waals surface area contributed by atoms with E-state index in [0.29, 0.717) is 31.7 Å². The molecule has 1 fully saturated rings. The molecule has 1 aliphatic heterocycles. The molecule has 0 spiro atoms. The molecular formula is C16H21F3N2O3. The van der Waals surface area contributed by atoms with Crippen LogP contribution in [0.2, 0.25) is 0 Å². The van der Waals surface area contributed by atoms with Crippen LogP contribution in [-0.4, -0.2) is 31.6 Å².